The number of H-pyrrole nitrogens is 3. The Balaban J connectivity index is 1.55. The molecular weight excluding hydrogens is 533 g/mol. The van der Waals surface area contributed by atoms with Gasteiger partial charge in [-0.15, -0.1) is 5.10 Å². The highest BCUT2D eigenvalue weighted by molar-refractivity contribution is 7.99. The number of allylic oxidation sites excluding steroid dienone is 9. The topological polar surface area (TPSA) is 86.0 Å². The van der Waals surface area contributed by atoms with Crippen molar-refractivity contribution in [3.8, 4) is 0 Å². The summed E-state index contributed by atoms with van der Waals surface area (Å²) in [5.74, 6) is 2.90. The molecule has 3 aromatic rings. The van der Waals surface area contributed by atoms with Crippen LogP contribution in [0.25, 0.3) is 0 Å². The van der Waals surface area contributed by atoms with Crippen LogP contribution in [0.1, 0.15) is 62.7 Å². The van der Waals surface area contributed by atoms with Crippen LogP contribution >= 0.6 is 24.0 Å². The van der Waals surface area contributed by atoms with Gasteiger partial charge < -0.3 is 0 Å². The molecule has 0 saturated heterocycles. The minimum Gasteiger partial charge on any atom is -0.286 e. The van der Waals surface area contributed by atoms with E-state index >= 15 is 0 Å². The first kappa shape index (κ1) is 31.0. The predicted molar refractivity (Wildman–Crippen MR) is 171 cm³/mol. The number of hydrogen-bond acceptors (Lipinski definition) is 5. The molecule has 0 bridgehead atoms. The van der Waals surface area contributed by atoms with Gasteiger partial charge in [0.25, 0.3) is 0 Å². The second-order valence-corrected chi connectivity index (χ2v) is 11.1. The standard InChI is InChI=1S/C32H40N6S2/c1-6-8-15-25(5)28(26-17-10-9-11-18-26)22-27(23(3)7-2)24(4)16-14-21-40-32-34-30(36-38-32)20-13-12-19-29-33-31(39)37-35-29/h6-11,15-18,28H,1-2,5,12-14,19-22H2,3-4H3,(H,34,36,38)(H2,33,35,37,39)/b15-8-,24-16-,27-23-. The Morgan fingerprint density at radius 1 is 1.05 bits per heavy atom. The van der Waals surface area contributed by atoms with Crippen molar-refractivity contribution < 1.29 is 0 Å². The summed E-state index contributed by atoms with van der Waals surface area (Å²) in [7, 11) is 0. The van der Waals surface area contributed by atoms with Gasteiger partial charge in [0.15, 0.2) is 0 Å². The fraction of sp³-hybridized carbons (Fsp3) is 0.312. The molecule has 0 amide bonds. The number of benzene rings is 1. The third-order valence-corrected chi connectivity index (χ3v) is 7.77. The Hall–Kier alpha value is -3.49. The van der Waals surface area contributed by atoms with Crippen LogP contribution in [0, 0.1) is 4.77 Å². The van der Waals surface area contributed by atoms with Crippen LogP contribution in [-0.2, 0) is 12.8 Å². The lowest BCUT2D eigenvalue weighted by molar-refractivity contribution is 0.689. The second kappa shape index (κ2) is 16.6. The number of nitrogens with zero attached hydrogens (tertiary/aromatic N) is 3. The van der Waals surface area contributed by atoms with E-state index in [9.17, 15) is 0 Å². The maximum absolute atomic E-state index is 4.99. The van der Waals surface area contributed by atoms with Gasteiger partial charge in [-0.1, -0.05) is 97.8 Å². The molecule has 2 heterocycles. The summed E-state index contributed by atoms with van der Waals surface area (Å²) in [4.78, 5) is 8.88. The van der Waals surface area contributed by atoms with Gasteiger partial charge in [0.05, 0.1) is 0 Å². The number of thioether (sulfide) groups is 1. The molecule has 3 rings (SSSR count). The highest BCUT2D eigenvalue weighted by Gasteiger charge is 2.17. The molecule has 0 spiro atoms. The summed E-state index contributed by atoms with van der Waals surface area (Å²) in [6.45, 7) is 16.6. The van der Waals surface area contributed by atoms with Gasteiger partial charge in [0.2, 0.25) is 9.93 Å². The van der Waals surface area contributed by atoms with E-state index in [0.29, 0.717) is 4.77 Å². The number of aromatic nitrogens is 6. The van der Waals surface area contributed by atoms with Gasteiger partial charge in [-0.2, -0.15) is 0 Å². The molecule has 40 heavy (non-hydrogen) atoms. The van der Waals surface area contributed by atoms with Crippen molar-refractivity contribution in [1.29, 1.82) is 0 Å². The maximum Gasteiger partial charge on any atom is 0.213 e. The molecule has 0 fully saturated rings. The number of rotatable bonds is 17. The number of aromatic amines is 3. The van der Waals surface area contributed by atoms with E-state index in [2.05, 4.69) is 100 Å². The van der Waals surface area contributed by atoms with Gasteiger partial charge in [-0.25, -0.2) is 9.97 Å². The van der Waals surface area contributed by atoms with Gasteiger partial charge in [0, 0.05) is 24.5 Å². The Morgan fingerprint density at radius 3 is 2.48 bits per heavy atom. The summed E-state index contributed by atoms with van der Waals surface area (Å²) < 4.78 is 0.499. The molecule has 8 heteroatoms. The maximum atomic E-state index is 4.99. The first-order valence-electron chi connectivity index (χ1n) is 13.6. The summed E-state index contributed by atoms with van der Waals surface area (Å²) in [6.07, 6.45) is 15.6. The van der Waals surface area contributed by atoms with E-state index in [0.717, 1.165) is 66.7 Å². The van der Waals surface area contributed by atoms with Crippen molar-refractivity contribution in [3.05, 3.63) is 125 Å². The fourth-order valence-corrected chi connectivity index (χ4v) is 5.29. The second-order valence-electron chi connectivity index (χ2n) is 9.61. The largest absolute Gasteiger partial charge is 0.286 e. The molecule has 0 aliphatic rings. The number of aryl methyl sites for hydroxylation is 2. The smallest absolute Gasteiger partial charge is 0.213 e. The molecule has 2 aromatic heterocycles. The lowest BCUT2D eigenvalue weighted by atomic mass is 9.82. The first-order valence-corrected chi connectivity index (χ1v) is 15.0. The molecule has 0 radical (unpaired) electrons. The zero-order valence-corrected chi connectivity index (χ0v) is 25.2. The zero-order valence-electron chi connectivity index (χ0n) is 23.6. The zero-order chi connectivity index (χ0) is 28.7. The summed E-state index contributed by atoms with van der Waals surface area (Å²) in [6, 6.07) is 10.6. The average Bonchev–Trinajstić information content (AvgIpc) is 3.61. The summed E-state index contributed by atoms with van der Waals surface area (Å²) in [5, 5.41) is 14.1. The Bertz CT molecular complexity index is 1400. The minimum atomic E-state index is 0.170. The lowest BCUT2D eigenvalue weighted by Crippen LogP contribution is -2.05. The van der Waals surface area contributed by atoms with Crippen LogP contribution in [0.3, 0.4) is 0 Å². The SMILES string of the molecule is C=C/C=C\C(=C)C(CC(/C(C)=C\CCSc1n[nH]c(CCCCc2nc(=S)[nH][nH]2)n1)=C(\C)C=C)c1ccccc1. The number of hydrogen-bond donors (Lipinski definition) is 3. The van der Waals surface area contributed by atoms with E-state index < -0.39 is 0 Å². The Kier molecular flexibility index (Phi) is 12.9. The molecule has 1 atom stereocenters. The van der Waals surface area contributed by atoms with E-state index in [1.165, 1.54) is 22.3 Å². The van der Waals surface area contributed by atoms with E-state index in [4.69, 9.17) is 12.2 Å². The van der Waals surface area contributed by atoms with Crippen molar-refractivity contribution in [3.63, 3.8) is 0 Å². The number of nitrogens with one attached hydrogen (secondary N) is 3. The third-order valence-electron chi connectivity index (χ3n) is 6.70. The van der Waals surface area contributed by atoms with E-state index in [1.54, 1.807) is 17.8 Å². The lowest BCUT2D eigenvalue weighted by Gasteiger charge is -2.22. The Labute approximate surface area is 247 Å². The molecule has 0 aliphatic heterocycles. The van der Waals surface area contributed by atoms with E-state index in [-0.39, 0.29) is 5.92 Å². The quantitative estimate of drug-likeness (QED) is 0.0653. The molecular formula is C32H40N6S2. The van der Waals surface area contributed by atoms with Gasteiger partial charge >= 0.3 is 0 Å². The summed E-state index contributed by atoms with van der Waals surface area (Å²) >= 11 is 6.67. The van der Waals surface area contributed by atoms with Crippen molar-refractivity contribution in [2.75, 3.05) is 5.75 Å². The van der Waals surface area contributed by atoms with E-state index in [1.807, 2.05) is 18.2 Å². The monoisotopic (exact) mass is 572 g/mol. The van der Waals surface area contributed by atoms with Gasteiger partial charge in [-0.05, 0) is 74.0 Å². The van der Waals surface area contributed by atoms with Crippen LogP contribution in [0.5, 0.6) is 0 Å². The molecule has 210 valence electrons. The minimum absolute atomic E-state index is 0.170. The highest BCUT2D eigenvalue weighted by Crippen LogP contribution is 2.35. The van der Waals surface area contributed by atoms with Crippen LogP contribution in [0.2, 0.25) is 0 Å². The normalized spacial score (nSPS) is 13.3. The molecule has 1 aromatic carbocycles. The third kappa shape index (κ3) is 9.92. The first-order chi connectivity index (χ1) is 19.4. The van der Waals surface area contributed by atoms with Crippen molar-refractivity contribution in [2.24, 2.45) is 0 Å². The van der Waals surface area contributed by atoms with Crippen molar-refractivity contribution in [1.82, 2.24) is 30.4 Å². The fourth-order valence-electron chi connectivity index (χ4n) is 4.43. The molecule has 0 aliphatic carbocycles. The van der Waals surface area contributed by atoms with Crippen LogP contribution in [0.15, 0.2) is 108 Å². The van der Waals surface area contributed by atoms with Gasteiger partial charge in [0.1, 0.15) is 11.6 Å². The predicted octanol–water partition coefficient (Wildman–Crippen LogP) is 8.55. The van der Waals surface area contributed by atoms with Crippen molar-refractivity contribution >= 4 is 24.0 Å². The Morgan fingerprint density at radius 2 is 1.80 bits per heavy atom. The molecule has 6 nitrogen and oxygen atoms in total. The highest BCUT2D eigenvalue weighted by atomic mass is 32.2. The summed E-state index contributed by atoms with van der Waals surface area (Å²) in [5.41, 5.74) is 6.08. The molecule has 0 saturated carbocycles. The van der Waals surface area contributed by atoms with Crippen LogP contribution < -0.4 is 0 Å². The van der Waals surface area contributed by atoms with Gasteiger partial charge in [-0.3, -0.25) is 15.3 Å². The van der Waals surface area contributed by atoms with Crippen molar-refractivity contribution in [2.45, 2.75) is 63.4 Å². The van der Waals surface area contributed by atoms with Crippen LogP contribution in [-0.4, -0.2) is 36.1 Å². The average molecular weight is 573 g/mol. The molecule has 3 N–H and O–H groups in total. The van der Waals surface area contributed by atoms with Crippen LogP contribution in [0.4, 0.5) is 0 Å². The number of unbranched alkanes of at least 4 members (excludes halogenated alkanes) is 1. The molecule has 1 unspecified atom stereocenters.